The molecule has 12 heavy (non-hydrogen) atoms. The van der Waals surface area contributed by atoms with Crippen LogP contribution in [0, 0.1) is 0 Å². The van der Waals surface area contributed by atoms with Gasteiger partial charge in [0, 0.05) is 0 Å². The van der Waals surface area contributed by atoms with E-state index in [0.717, 1.165) is 0 Å². The molecule has 0 amide bonds. The van der Waals surface area contributed by atoms with Gasteiger partial charge in [-0.1, -0.05) is 0 Å². The summed E-state index contributed by atoms with van der Waals surface area (Å²) in [4.78, 5) is 0. The molecule has 0 heterocycles. The standard InChI is InChI=1S/2H2O4S2/c2*1-5(2)6(3)4/h2*(H,1,2)(H,3,4). The molecule has 0 aliphatic heterocycles. The third kappa shape index (κ3) is 13.1. The van der Waals surface area contributed by atoms with Crippen LogP contribution in [0.3, 0.4) is 0 Å². The first kappa shape index (κ1) is 14.9. The van der Waals surface area contributed by atoms with Crippen molar-refractivity contribution in [3.05, 3.63) is 0 Å². The van der Waals surface area contributed by atoms with Crippen LogP contribution in [0.15, 0.2) is 0 Å². The molecule has 0 spiro atoms. The summed E-state index contributed by atoms with van der Waals surface area (Å²) < 4.78 is 67.2. The molecule has 8 nitrogen and oxygen atoms in total. The first-order chi connectivity index (χ1) is 5.29. The summed E-state index contributed by atoms with van der Waals surface area (Å²) in [6, 6.07) is 0. The van der Waals surface area contributed by atoms with Crippen molar-refractivity contribution in [1.29, 1.82) is 0 Å². The molecule has 4 atom stereocenters. The molecule has 4 N–H and O–H groups in total. The molecular formula is H4O8S4. The Kier molecular flexibility index (Phi) is 10.0. The fraction of sp³-hybridized carbons (Fsp3) is 0. The van der Waals surface area contributed by atoms with Crippen LogP contribution in [0.25, 0.3) is 0 Å². The van der Waals surface area contributed by atoms with Crippen LogP contribution in [0.2, 0.25) is 0 Å². The summed E-state index contributed by atoms with van der Waals surface area (Å²) >= 11 is 0. The van der Waals surface area contributed by atoms with Crippen molar-refractivity contribution in [3.63, 3.8) is 0 Å². The van der Waals surface area contributed by atoms with Gasteiger partial charge in [-0.2, -0.15) is 0 Å². The highest BCUT2D eigenvalue weighted by molar-refractivity contribution is 8.56. The maximum Gasteiger partial charge on any atom is 0.274 e. The molecule has 0 bridgehead atoms. The quantitative estimate of drug-likeness (QED) is 0.353. The minimum atomic E-state index is -2.59. The van der Waals surface area contributed by atoms with E-state index in [2.05, 4.69) is 0 Å². The predicted octanol–water partition coefficient (Wildman–Crippen LogP) is -1.31. The van der Waals surface area contributed by atoms with Gasteiger partial charge in [0.1, 0.15) is 0 Å². The van der Waals surface area contributed by atoms with E-state index in [1.807, 2.05) is 0 Å². The Hall–Kier alpha value is 0.440. The molecule has 0 aromatic carbocycles. The lowest BCUT2D eigenvalue weighted by Crippen LogP contribution is -1.93. The zero-order valence-corrected chi connectivity index (χ0v) is 8.32. The highest BCUT2D eigenvalue weighted by Crippen LogP contribution is 1.74. The molecule has 76 valence electrons. The van der Waals surface area contributed by atoms with Crippen molar-refractivity contribution in [2.75, 3.05) is 0 Å². The van der Waals surface area contributed by atoms with Crippen molar-refractivity contribution < 1.29 is 35.0 Å². The van der Waals surface area contributed by atoms with E-state index >= 15 is 0 Å². The molecule has 0 aromatic rings. The van der Waals surface area contributed by atoms with Gasteiger partial charge < -0.3 is 0 Å². The van der Waals surface area contributed by atoms with E-state index in [4.69, 9.17) is 18.2 Å². The summed E-state index contributed by atoms with van der Waals surface area (Å²) in [5.41, 5.74) is 0. The summed E-state index contributed by atoms with van der Waals surface area (Å²) in [7, 11) is -10.4. The highest BCUT2D eigenvalue weighted by atomic mass is 33.2. The van der Waals surface area contributed by atoms with Crippen LogP contribution in [0.4, 0.5) is 0 Å². The third-order valence-corrected chi connectivity index (χ3v) is 2.20. The Bertz CT molecular complexity index is 167. The monoisotopic (exact) mass is 260 g/mol. The van der Waals surface area contributed by atoms with Gasteiger partial charge in [0.2, 0.25) is 0 Å². The van der Waals surface area contributed by atoms with Crippen molar-refractivity contribution >= 4 is 40.4 Å². The summed E-state index contributed by atoms with van der Waals surface area (Å²) in [5.74, 6) is 0. The van der Waals surface area contributed by atoms with Crippen molar-refractivity contribution in [2.45, 2.75) is 0 Å². The largest absolute Gasteiger partial charge is 0.294 e. The van der Waals surface area contributed by atoms with Crippen molar-refractivity contribution in [2.24, 2.45) is 0 Å². The Morgan fingerprint density at radius 3 is 0.583 bits per heavy atom. The molecule has 12 heteroatoms. The van der Waals surface area contributed by atoms with Gasteiger partial charge in [-0.3, -0.25) is 18.2 Å². The van der Waals surface area contributed by atoms with Gasteiger partial charge in [0.25, 0.3) is 40.4 Å². The summed E-state index contributed by atoms with van der Waals surface area (Å²) in [6.45, 7) is 0. The van der Waals surface area contributed by atoms with Crippen LogP contribution in [0.5, 0.6) is 0 Å². The van der Waals surface area contributed by atoms with Gasteiger partial charge in [-0.15, -0.1) is 0 Å². The third-order valence-electron chi connectivity index (χ3n) is 0.244. The zero-order chi connectivity index (χ0) is 10.3. The lowest BCUT2D eigenvalue weighted by atomic mass is 15.9. The smallest absolute Gasteiger partial charge is 0.274 e. The van der Waals surface area contributed by atoms with Crippen LogP contribution >= 0.6 is 0 Å². The molecule has 0 aromatic heterocycles. The minimum absolute atomic E-state index is 2.59. The Morgan fingerprint density at radius 1 is 0.500 bits per heavy atom. The Labute approximate surface area is 75.7 Å². The second-order valence-electron chi connectivity index (χ2n) is 0.868. The van der Waals surface area contributed by atoms with Crippen LogP contribution < -0.4 is 0 Å². The second kappa shape index (κ2) is 8.06. The van der Waals surface area contributed by atoms with Gasteiger partial charge in [-0.05, 0) is 0 Å². The van der Waals surface area contributed by atoms with E-state index in [9.17, 15) is 16.8 Å². The average Bonchev–Trinajstić information content (AvgIpc) is 1.88. The van der Waals surface area contributed by atoms with Gasteiger partial charge in [-0.25, -0.2) is 16.8 Å². The SMILES string of the molecule is O=S(O)S(=O)O.O=S(O)S(=O)O. The second-order valence-corrected chi connectivity index (χ2v) is 6.03. The lowest BCUT2D eigenvalue weighted by Gasteiger charge is -1.74. The number of hydrogen-bond acceptors (Lipinski definition) is 4. The van der Waals surface area contributed by atoms with Crippen LogP contribution in [0.1, 0.15) is 0 Å². The molecule has 0 saturated heterocycles. The molecular weight excluding hydrogens is 256 g/mol. The molecule has 0 rings (SSSR count). The fourth-order valence-corrected chi connectivity index (χ4v) is 0. The van der Waals surface area contributed by atoms with E-state index < -0.39 is 40.4 Å². The van der Waals surface area contributed by atoms with Gasteiger partial charge in [0.15, 0.2) is 0 Å². The van der Waals surface area contributed by atoms with E-state index in [1.54, 1.807) is 0 Å². The molecule has 0 saturated carbocycles. The molecule has 0 aliphatic rings. The zero-order valence-electron chi connectivity index (χ0n) is 5.05. The molecule has 0 fully saturated rings. The maximum atomic E-state index is 9.26. The van der Waals surface area contributed by atoms with Crippen LogP contribution in [-0.2, 0) is 40.4 Å². The number of rotatable bonds is 2. The lowest BCUT2D eigenvalue weighted by molar-refractivity contribution is 0.548. The Balaban J connectivity index is 0. The van der Waals surface area contributed by atoms with Gasteiger partial charge in [0.05, 0.1) is 0 Å². The normalized spacial score (nSPS) is 19.7. The maximum absolute atomic E-state index is 9.26. The van der Waals surface area contributed by atoms with E-state index in [-0.39, 0.29) is 0 Å². The molecule has 0 radical (unpaired) electrons. The minimum Gasteiger partial charge on any atom is -0.294 e. The topological polar surface area (TPSA) is 149 Å². The van der Waals surface area contributed by atoms with Crippen molar-refractivity contribution in [3.8, 4) is 0 Å². The summed E-state index contributed by atoms with van der Waals surface area (Å²) in [6.07, 6.45) is 0. The predicted molar refractivity (Wildman–Crippen MR) is 43.1 cm³/mol. The van der Waals surface area contributed by atoms with E-state index in [0.29, 0.717) is 0 Å². The van der Waals surface area contributed by atoms with E-state index in [1.165, 1.54) is 0 Å². The fourth-order valence-electron chi connectivity index (χ4n) is 0. The molecule has 0 aliphatic carbocycles. The first-order valence-electron chi connectivity index (χ1n) is 1.73. The van der Waals surface area contributed by atoms with Crippen LogP contribution in [-0.4, -0.2) is 35.0 Å². The first-order valence-corrected chi connectivity index (χ1v) is 7.19. The highest BCUT2D eigenvalue weighted by Gasteiger charge is 1.96. The number of hydrogen-bond donors (Lipinski definition) is 4. The van der Waals surface area contributed by atoms with Crippen molar-refractivity contribution in [1.82, 2.24) is 0 Å². The molecule has 4 unspecified atom stereocenters. The summed E-state index contributed by atoms with van der Waals surface area (Å²) in [5, 5.41) is 0. The van der Waals surface area contributed by atoms with Gasteiger partial charge >= 0.3 is 0 Å². The average molecular weight is 260 g/mol. The Morgan fingerprint density at radius 2 is 0.583 bits per heavy atom.